The molecule has 0 aromatic carbocycles. The first kappa shape index (κ1) is 15.0. The number of ether oxygens (including phenoxy) is 1. The van der Waals surface area contributed by atoms with Crippen LogP contribution in [0.5, 0.6) is 0 Å². The van der Waals surface area contributed by atoms with Crippen molar-refractivity contribution < 1.29 is 9.53 Å². The Morgan fingerprint density at radius 3 is 2.95 bits per heavy atom. The summed E-state index contributed by atoms with van der Waals surface area (Å²) >= 11 is 0. The summed E-state index contributed by atoms with van der Waals surface area (Å²) in [5, 5.41) is 3.28. The molecule has 6 heteroatoms. The Labute approximate surface area is 120 Å². The van der Waals surface area contributed by atoms with Gasteiger partial charge < -0.3 is 19.5 Å². The number of aromatic nitrogens is 2. The molecule has 6 nitrogen and oxygen atoms in total. The van der Waals surface area contributed by atoms with E-state index in [4.69, 9.17) is 4.74 Å². The minimum absolute atomic E-state index is 0.185. The molecular formula is C14H24N4O2. The Balaban J connectivity index is 1.93. The highest BCUT2D eigenvalue weighted by molar-refractivity contribution is 5.80. The molecule has 1 fully saturated rings. The van der Waals surface area contributed by atoms with Crippen LogP contribution in [0.15, 0.2) is 12.5 Å². The number of amides is 1. The molecule has 2 heterocycles. The molecule has 1 aliphatic heterocycles. The highest BCUT2D eigenvalue weighted by atomic mass is 16.5. The van der Waals surface area contributed by atoms with Crippen molar-refractivity contribution >= 4 is 5.91 Å². The fourth-order valence-electron chi connectivity index (χ4n) is 2.53. The SMILES string of the molecule is COCCNCc1cncn1C(C)C(=O)N1CCCC1. The number of carbonyl (C=O) groups excluding carboxylic acids is 1. The molecule has 0 bridgehead atoms. The van der Waals surface area contributed by atoms with Gasteiger partial charge in [-0.2, -0.15) is 0 Å². The van der Waals surface area contributed by atoms with Gasteiger partial charge >= 0.3 is 0 Å². The zero-order valence-electron chi connectivity index (χ0n) is 12.3. The first-order chi connectivity index (χ1) is 9.74. The van der Waals surface area contributed by atoms with E-state index in [-0.39, 0.29) is 11.9 Å². The van der Waals surface area contributed by atoms with Crippen LogP contribution in [0, 0.1) is 0 Å². The third kappa shape index (κ3) is 3.58. The zero-order chi connectivity index (χ0) is 14.4. The predicted octanol–water partition coefficient (Wildman–Crippen LogP) is 0.802. The molecule has 2 rings (SSSR count). The Morgan fingerprint density at radius 1 is 1.50 bits per heavy atom. The van der Waals surface area contributed by atoms with Gasteiger partial charge in [-0.3, -0.25) is 4.79 Å². The number of methoxy groups -OCH3 is 1. The lowest BCUT2D eigenvalue weighted by molar-refractivity contribution is -0.133. The summed E-state index contributed by atoms with van der Waals surface area (Å²) in [4.78, 5) is 18.5. The number of carbonyl (C=O) groups is 1. The first-order valence-corrected chi connectivity index (χ1v) is 7.23. The lowest BCUT2D eigenvalue weighted by Gasteiger charge is -2.22. The van der Waals surface area contributed by atoms with Gasteiger partial charge in [0, 0.05) is 39.5 Å². The fraction of sp³-hybridized carbons (Fsp3) is 0.714. The smallest absolute Gasteiger partial charge is 0.245 e. The topological polar surface area (TPSA) is 59.4 Å². The number of hydrogen-bond donors (Lipinski definition) is 1. The molecule has 1 unspecified atom stereocenters. The molecule has 0 spiro atoms. The van der Waals surface area contributed by atoms with Gasteiger partial charge in [-0.25, -0.2) is 4.98 Å². The molecule has 1 aromatic rings. The van der Waals surface area contributed by atoms with Crippen LogP contribution in [0.25, 0.3) is 0 Å². The number of hydrogen-bond acceptors (Lipinski definition) is 4. The molecule has 1 aliphatic rings. The lowest BCUT2D eigenvalue weighted by Crippen LogP contribution is -2.34. The first-order valence-electron chi connectivity index (χ1n) is 7.23. The molecule has 20 heavy (non-hydrogen) atoms. The predicted molar refractivity (Wildman–Crippen MR) is 76.3 cm³/mol. The van der Waals surface area contributed by atoms with E-state index in [1.807, 2.05) is 22.6 Å². The van der Waals surface area contributed by atoms with E-state index >= 15 is 0 Å². The molecule has 1 saturated heterocycles. The van der Waals surface area contributed by atoms with Crippen molar-refractivity contribution in [1.82, 2.24) is 19.8 Å². The van der Waals surface area contributed by atoms with Gasteiger partial charge in [-0.15, -0.1) is 0 Å². The molecule has 1 atom stereocenters. The average Bonchev–Trinajstić information content (AvgIpc) is 3.13. The Morgan fingerprint density at radius 2 is 2.25 bits per heavy atom. The van der Waals surface area contributed by atoms with E-state index in [0.29, 0.717) is 13.2 Å². The third-order valence-corrected chi connectivity index (χ3v) is 3.73. The highest BCUT2D eigenvalue weighted by Gasteiger charge is 2.25. The minimum Gasteiger partial charge on any atom is -0.383 e. The summed E-state index contributed by atoms with van der Waals surface area (Å²) in [6, 6.07) is -0.185. The van der Waals surface area contributed by atoms with Crippen molar-refractivity contribution in [2.75, 3.05) is 33.4 Å². The lowest BCUT2D eigenvalue weighted by atomic mass is 10.2. The maximum atomic E-state index is 12.4. The van der Waals surface area contributed by atoms with Crippen LogP contribution in [-0.4, -0.2) is 53.7 Å². The van der Waals surface area contributed by atoms with Crippen molar-refractivity contribution in [3.05, 3.63) is 18.2 Å². The zero-order valence-corrected chi connectivity index (χ0v) is 12.3. The van der Waals surface area contributed by atoms with E-state index in [0.717, 1.165) is 38.2 Å². The van der Waals surface area contributed by atoms with Gasteiger partial charge in [-0.1, -0.05) is 0 Å². The van der Waals surface area contributed by atoms with Crippen molar-refractivity contribution in [2.24, 2.45) is 0 Å². The quantitative estimate of drug-likeness (QED) is 0.751. The summed E-state index contributed by atoms with van der Waals surface area (Å²) in [7, 11) is 1.68. The molecular weight excluding hydrogens is 256 g/mol. The Hall–Kier alpha value is -1.40. The van der Waals surface area contributed by atoms with Gasteiger partial charge in [0.15, 0.2) is 0 Å². The summed E-state index contributed by atoms with van der Waals surface area (Å²) in [5.41, 5.74) is 1.03. The highest BCUT2D eigenvalue weighted by Crippen LogP contribution is 2.17. The van der Waals surface area contributed by atoms with Crippen LogP contribution in [0.3, 0.4) is 0 Å². The second-order valence-electron chi connectivity index (χ2n) is 5.17. The Bertz CT molecular complexity index is 427. The number of nitrogens with zero attached hydrogens (tertiary/aromatic N) is 3. The normalized spacial score (nSPS) is 16.6. The van der Waals surface area contributed by atoms with Crippen LogP contribution in [-0.2, 0) is 16.1 Å². The van der Waals surface area contributed by atoms with E-state index in [1.165, 1.54) is 0 Å². The van der Waals surface area contributed by atoms with Crippen molar-refractivity contribution in [2.45, 2.75) is 32.4 Å². The van der Waals surface area contributed by atoms with E-state index < -0.39 is 0 Å². The van der Waals surface area contributed by atoms with Crippen LogP contribution in [0.2, 0.25) is 0 Å². The summed E-state index contributed by atoms with van der Waals surface area (Å²) in [6.45, 7) is 5.88. The van der Waals surface area contributed by atoms with Crippen LogP contribution in [0.4, 0.5) is 0 Å². The second-order valence-corrected chi connectivity index (χ2v) is 5.17. The van der Waals surface area contributed by atoms with Crippen molar-refractivity contribution in [3.63, 3.8) is 0 Å². The van der Waals surface area contributed by atoms with Gasteiger partial charge in [-0.05, 0) is 19.8 Å². The van der Waals surface area contributed by atoms with Gasteiger partial charge in [0.2, 0.25) is 5.91 Å². The largest absolute Gasteiger partial charge is 0.383 e. The maximum absolute atomic E-state index is 12.4. The molecule has 112 valence electrons. The number of imidazole rings is 1. The fourth-order valence-corrected chi connectivity index (χ4v) is 2.53. The minimum atomic E-state index is -0.185. The van der Waals surface area contributed by atoms with Gasteiger partial charge in [0.05, 0.1) is 18.6 Å². The summed E-state index contributed by atoms with van der Waals surface area (Å²) in [6.07, 6.45) is 5.79. The number of rotatable bonds is 7. The molecule has 1 amide bonds. The third-order valence-electron chi connectivity index (χ3n) is 3.73. The van der Waals surface area contributed by atoms with Crippen molar-refractivity contribution in [3.8, 4) is 0 Å². The van der Waals surface area contributed by atoms with Gasteiger partial charge in [0.25, 0.3) is 0 Å². The van der Waals surface area contributed by atoms with E-state index in [9.17, 15) is 4.79 Å². The van der Waals surface area contributed by atoms with Crippen LogP contribution < -0.4 is 5.32 Å². The standard InChI is InChI=1S/C14H24N4O2/c1-12(14(19)17-6-3-4-7-17)18-11-16-10-13(18)9-15-5-8-20-2/h10-12,15H,3-9H2,1-2H3. The maximum Gasteiger partial charge on any atom is 0.245 e. The van der Waals surface area contributed by atoms with Gasteiger partial charge in [0.1, 0.15) is 6.04 Å². The van der Waals surface area contributed by atoms with Crippen LogP contribution in [0.1, 0.15) is 31.5 Å². The summed E-state index contributed by atoms with van der Waals surface area (Å²) < 4.78 is 6.96. The number of nitrogens with one attached hydrogen (secondary N) is 1. The Kier molecular flexibility index (Phi) is 5.55. The van der Waals surface area contributed by atoms with Crippen molar-refractivity contribution in [1.29, 1.82) is 0 Å². The molecule has 0 aliphatic carbocycles. The molecule has 0 radical (unpaired) electrons. The molecule has 1 N–H and O–H groups in total. The molecule has 1 aromatic heterocycles. The average molecular weight is 280 g/mol. The van der Waals surface area contributed by atoms with E-state index in [1.54, 1.807) is 13.4 Å². The second kappa shape index (κ2) is 7.40. The summed E-state index contributed by atoms with van der Waals surface area (Å²) in [5.74, 6) is 0.193. The monoisotopic (exact) mass is 280 g/mol. The van der Waals surface area contributed by atoms with Crippen LogP contribution >= 0.6 is 0 Å². The number of likely N-dealkylation sites (tertiary alicyclic amines) is 1. The molecule has 0 saturated carbocycles. The van der Waals surface area contributed by atoms with E-state index in [2.05, 4.69) is 10.3 Å².